The molecule has 0 saturated heterocycles. The Bertz CT molecular complexity index is 432. The van der Waals surface area contributed by atoms with Gasteiger partial charge in [0.1, 0.15) is 0 Å². The number of hydrogen-bond donors (Lipinski definition) is 1. The average Bonchev–Trinajstić information content (AvgIpc) is 2.51. The van der Waals surface area contributed by atoms with Crippen LogP contribution in [0.4, 0.5) is 0 Å². The molecule has 0 fully saturated rings. The maximum atomic E-state index is 5.71. The summed E-state index contributed by atoms with van der Waals surface area (Å²) in [5, 5.41) is 0.126. The van der Waals surface area contributed by atoms with Crippen LogP contribution in [0.5, 0.6) is 0 Å². The van der Waals surface area contributed by atoms with Crippen LogP contribution in [0.3, 0.4) is 0 Å². The molecular weight excluding hydrogens is 276 g/mol. The predicted molar refractivity (Wildman–Crippen MR) is 94.9 cm³/mol. The number of benzene rings is 1. The van der Waals surface area contributed by atoms with Gasteiger partial charge in [0.05, 0.1) is 18.5 Å². The third-order valence-corrected chi connectivity index (χ3v) is 3.96. The summed E-state index contributed by atoms with van der Waals surface area (Å²) >= 11 is 4.59. The summed E-state index contributed by atoms with van der Waals surface area (Å²) in [4.78, 5) is 0. The van der Waals surface area contributed by atoms with Gasteiger partial charge in [0.25, 0.3) is 0 Å². The molecule has 0 spiro atoms. The molecule has 1 rings (SSSR count). The standard InChI is InChI=1S/C19H28OS/c1-3-4-5-6-7-9-12-17(2)19(21)16-20-15-18-13-10-8-11-14-18/h8-11,13-14,19,21H,3-7,15-16H2,1-2H3. The van der Waals surface area contributed by atoms with Crippen LogP contribution in [0.1, 0.15) is 51.5 Å². The van der Waals surface area contributed by atoms with Crippen LogP contribution in [-0.4, -0.2) is 11.9 Å². The number of hydrogen-bond acceptors (Lipinski definition) is 2. The molecule has 2 heteroatoms. The highest BCUT2D eigenvalue weighted by molar-refractivity contribution is 7.81. The maximum absolute atomic E-state index is 5.71. The Kier molecular flexibility index (Phi) is 10.1. The fraction of sp³-hybridized carbons (Fsp3) is 0.526. The lowest BCUT2D eigenvalue weighted by Gasteiger charge is -2.10. The zero-order valence-electron chi connectivity index (χ0n) is 13.3. The first-order valence-electron chi connectivity index (χ1n) is 7.95. The molecule has 0 aliphatic rings. The highest BCUT2D eigenvalue weighted by Gasteiger charge is 2.04. The second kappa shape index (κ2) is 11.7. The number of rotatable bonds is 10. The molecule has 116 valence electrons. The van der Waals surface area contributed by atoms with Gasteiger partial charge in [-0.15, -0.1) is 5.73 Å². The van der Waals surface area contributed by atoms with Crippen LogP contribution in [0, 0.1) is 0 Å². The van der Waals surface area contributed by atoms with Gasteiger partial charge in [-0.3, -0.25) is 0 Å². The van der Waals surface area contributed by atoms with E-state index in [9.17, 15) is 0 Å². The molecule has 0 heterocycles. The van der Waals surface area contributed by atoms with E-state index in [0.717, 1.165) is 12.0 Å². The van der Waals surface area contributed by atoms with E-state index in [1.807, 2.05) is 18.2 Å². The van der Waals surface area contributed by atoms with Gasteiger partial charge in [-0.05, 0) is 37.0 Å². The van der Waals surface area contributed by atoms with E-state index in [-0.39, 0.29) is 5.25 Å². The second-order valence-corrected chi connectivity index (χ2v) is 6.02. The minimum absolute atomic E-state index is 0.126. The Hall–Kier alpha value is -0.950. The van der Waals surface area contributed by atoms with Gasteiger partial charge in [-0.25, -0.2) is 0 Å². The predicted octanol–water partition coefficient (Wildman–Crippen LogP) is 5.57. The fourth-order valence-corrected chi connectivity index (χ4v) is 2.17. The van der Waals surface area contributed by atoms with Crippen molar-refractivity contribution < 1.29 is 4.74 Å². The van der Waals surface area contributed by atoms with E-state index in [0.29, 0.717) is 13.2 Å². The zero-order valence-corrected chi connectivity index (χ0v) is 14.2. The van der Waals surface area contributed by atoms with Gasteiger partial charge in [0, 0.05) is 0 Å². The first-order valence-corrected chi connectivity index (χ1v) is 8.47. The van der Waals surface area contributed by atoms with E-state index in [1.54, 1.807) is 0 Å². The Morgan fingerprint density at radius 1 is 1.24 bits per heavy atom. The highest BCUT2D eigenvalue weighted by Crippen LogP contribution is 2.10. The normalized spacial score (nSPS) is 11.8. The van der Waals surface area contributed by atoms with Gasteiger partial charge >= 0.3 is 0 Å². The Morgan fingerprint density at radius 2 is 2.00 bits per heavy atom. The lowest BCUT2D eigenvalue weighted by Crippen LogP contribution is -2.10. The molecule has 1 atom stereocenters. The van der Waals surface area contributed by atoms with E-state index in [4.69, 9.17) is 4.74 Å². The van der Waals surface area contributed by atoms with Gasteiger partial charge in [-0.1, -0.05) is 56.5 Å². The van der Waals surface area contributed by atoms with Gasteiger partial charge in [0.15, 0.2) is 0 Å². The van der Waals surface area contributed by atoms with Crippen LogP contribution < -0.4 is 0 Å². The molecular formula is C19H28OS. The van der Waals surface area contributed by atoms with E-state index in [1.165, 1.54) is 31.2 Å². The van der Waals surface area contributed by atoms with Crippen molar-refractivity contribution in [1.82, 2.24) is 0 Å². The molecule has 21 heavy (non-hydrogen) atoms. The molecule has 0 aliphatic heterocycles. The molecule has 0 bridgehead atoms. The summed E-state index contributed by atoms with van der Waals surface area (Å²) in [6.45, 7) is 5.58. The van der Waals surface area contributed by atoms with Crippen LogP contribution in [0.25, 0.3) is 0 Å². The van der Waals surface area contributed by atoms with Crippen molar-refractivity contribution in [2.24, 2.45) is 0 Å². The van der Waals surface area contributed by atoms with Crippen molar-refractivity contribution in [3.63, 3.8) is 0 Å². The summed E-state index contributed by atoms with van der Waals surface area (Å²) in [6, 6.07) is 10.2. The minimum atomic E-state index is 0.126. The monoisotopic (exact) mass is 304 g/mol. The van der Waals surface area contributed by atoms with E-state index >= 15 is 0 Å². The third-order valence-electron chi connectivity index (χ3n) is 3.42. The summed E-state index contributed by atoms with van der Waals surface area (Å²) < 4.78 is 5.71. The van der Waals surface area contributed by atoms with Crippen molar-refractivity contribution in [3.05, 3.63) is 53.3 Å². The van der Waals surface area contributed by atoms with E-state index < -0.39 is 0 Å². The third kappa shape index (κ3) is 8.83. The average molecular weight is 304 g/mol. The van der Waals surface area contributed by atoms with Gasteiger partial charge < -0.3 is 4.74 Å². The van der Waals surface area contributed by atoms with Crippen LogP contribution >= 0.6 is 12.6 Å². The van der Waals surface area contributed by atoms with Crippen LogP contribution in [0.15, 0.2) is 47.7 Å². The zero-order chi connectivity index (χ0) is 15.3. The summed E-state index contributed by atoms with van der Waals surface area (Å²) in [7, 11) is 0. The van der Waals surface area contributed by atoms with E-state index in [2.05, 4.69) is 50.4 Å². The molecule has 0 aromatic heterocycles. The maximum Gasteiger partial charge on any atom is 0.0717 e. The van der Waals surface area contributed by atoms with Gasteiger partial charge in [0.2, 0.25) is 0 Å². The smallest absolute Gasteiger partial charge is 0.0717 e. The highest BCUT2D eigenvalue weighted by atomic mass is 32.1. The molecule has 0 saturated carbocycles. The Labute approximate surface area is 135 Å². The largest absolute Gasteiger partial charge is 0.375 e. The van der Waals surface area contributed by atoms with Crippen molar-refractivity contribution in [3.8, 4) is 0 Å². The quantitative estimate of drug-likeness (QED) is 0.337. The van der Waals surface area contributed by atoms with Crippen molar-refractivity contribution >= 4 is 12.6 Å². The van der Waals surface area contributed by atoms with Crippen molar-refractivity contribution in [1.29, 1.82) is 0 Å². The lowest BCUT2D eigenvalue weighted by atomic mass is 10.1. The minimum Gasteiger partial charge on any atom is -0.375 e. The topological polar surface area (TPSA) is 9.23 Å². The molecule has 0 N–H and O–H groups in total. The summed E-state index contributed by atoms with van der Waals surface area (Å²) in [5.41, 5.74) is 5.70. The van der Waals surface area contributed by atoms with Crippen molar-refractivity contribution in [2.75, 3.05) is 6.61 Å². The fourth-order valence-electron chi connectivity index (χ4n) is 1.99. The second-order valence-electron chi connectivity index (χ2n) is 5.40. The van der Waals surface area contributed by atoms with Crippen LogP contribution in [0.2, 0.25) is 0 Å². The van der Waals surface area contributed by atoms with Gasteiger partial charge in [-0.2, -0.15) is 12.6 Å². The molecule has 1 unspecified atom stereocenters. The first-order chi connectivity index (χ1) is 10.2. The Balaban J connectivity index is 2.23. The molecule has 1 nitrogen and oxygen atoms in total. The summed E-state index contributed by atoms with van der Waals surface area (Å²) in [5.74, 6) is 0. The summed E-state index contributed by atoms with van der Waals surface area (Å²) in [6.07, 6.45) is 8.46. The molecule has 1 aromatic rings. The Morgan fingerprint density at radius 3 is 2.71 bits per heavy atom. The molecule has 0 amide bonds. The lowest BCUT2D eigenvalue weighted by molar-refractivity contribution is 0.127. The first kappa shape index (κ1) is 18.1. The van der Waals surface area contributed by atoms with Crippen molar-refractivity contribution in [2.45, 2.75) is 57.8 Å². The number of thiol groups is 1. The molecule has 1 aromatic carbocycles. The molecule has 0 radical (unpaired) electrons. The molecule has 0 aliphatic carbocycles. The SMILES string of the molecule is CCCCCCC=C=C(C)C(S)COCc1ccccc1. The number of ether oxygens (including phenoxy) is 1. The number of unbranched alkanes of at least 4 members (excludes halogenated alkanes) is 4. The van der Waals surface area contributed by atoms with Crippen LogP contribution in [-0.2, 0) is 11.3 Å².